The van der Waals surface area contributed by atoms with Crippen molar-refractivity contribution in [1.82, 2.24) is 20.5 Å². The Bertz CT molecular complexity index is 849. The lowest BCUT2D eigenvalue weighted by Gasteiger charge is -2.20. The number of H-pyrrole nitrogens is 1. The van der Waals surface area contributed by atoms with Crippen LogP contribution in [-0.4, -0.2) is 46.0 Å². The maximum atomic E-state index is 12.7. The molecule has 146 valence electrons. The number of amides is 1. The number of carbonyl (C=O) groups is 2. The molecule has 1 amide bonds. The van der Waals surface area contributed by atoms with Crippen molar-refractivity contribution in [2.45, 2.75) is 58.5 Å². The smallest absolute Gasteiger partial charge is 0.407 e. The van der Waals surface area contributed by atoms with Gasteiger partial charge in [0, 0.05) is 12.5 Å². The van der Waals surface area contributed by atoms with Crippen LogP contribution in [0, 0.1) is 0 Å². The second-order valence-corrected chi connectivity index (χ2v) is 7.66. The van der Waals surface area contributed by atoms with Gasteiger partial charge in [0.2, 0.25) is 0 Å². The fourth-order valence-electron chi connectivity index (χ4n) is 3.01. The largest absolute Gasteiger partial charge is 0.462 e. The summed E-state index contributed by atoms with van der Waals surface area (Å²) >= 11 is 0. The molecule has 0 bridgehead atoms. The van der Waals surface area contributed by atoms with Crippen LogP contribution in [0.25, 0.3) is 11.0 Å². The summed E-state index contributed by atoms with van der Waals surface area (Å²) in [5.74, 6) is -0.0529. The van der Waals surface area contributed by atoms with E-state index in [0.29, 0.717) is 35.5 Å². The number of nitrogens with one attached hydrogen (secondary N) is 2. The summed E-state index contributed by atoms with van der Waals surface area (Å²) in [7, 11) is 0. The van der Waals surface area contributed by atoms with Crippen molar-refractivity contribution in [2.24, 2.45) is 0 Å². The predicted molar refractivity (Wildman–Crippen MR) is 99.8 cm³/mol. The van der Waals surface area contributed by atoms with E-state index in [-0.39, 0.29) is 12.6 Å². The van der Waals surface area contributed by atoms with E-state index in [1.165, 1.54) is 0 Å². The first-order valence-electron chi connectivity index (χ1n) is 9.30. The predicted octanol–water partition coefficient (Wildman–Crippen LogP) is 3.08. The molecular formula is C19H26N4O4. The van der Waals surface area contributed by atoms with E-state index in [2.05, 4.69) is 20.5 Å². The summed E-state index contributed by atoms with van der Waals surface area (Å²) in [5.41, 5.74) is 2.23. The van der Waals surface area contributed by atoms with Gasteiger partial charge >= 0.3 is 12.1 Å². The van der Waals surface area contributed by atoms with Gasteiger partial charge in [-0.15, -0.1) is 0 Å². The van der Waals surface area contributed by atoms with Crippen LogP contribution in [-0.2, 0) is 15.9 Å². The highest BCUT2D eigenvalue weighted by Crippen LogP contribution is 2.42. The van der Waals surface area contributed by atoms with Crippen LogP contribution in [0.4, 0.5) is 4.79 Å². The summed E-state index contributed by atoms with van der Waals surface area (Å²) in [6.07, 6.45) is 3.66. The minimum Gasteiger partial charge on any atom is -0.462 e. The molecule has 0 spiro atoms. The molecule has 0 unspecified atom stereocenters. The minimum absolute atomic E-state index is 0.287. The van der Waals surface area contributed by atoms with Crippen molar-refractivity contribution in [1.29, 1.82) is 0 Å². The maximum absolute atomic E-state index is 12.7. The van der Waals surface area contributed by atoms with Crippen LogP contribution in [0.1, 0.15) is 68.1 Å². The van der Waals surface area contributed by atoms with Gasteiger partial charge in [0.15, 0.2) is 5.65 Å². The molecule has 1 fully saturated rings. The molecule has 0 radical (unpaired) electrons. The van der Waals surface area contributed by atoms with Gasteiger partial charge in [-0.05, 0) is 52.5 Å². The van der Waals surface area contributed by atoms with Gasteiger partial charge in [-0.1, -0.05) is 0 Å². The van der Waals surface area contributed by atoms with Crippen LogP contribution < -0.4 is 5.32 Å². The lowest BCUT2D eigenvalue weighted by atomic mass is 9.98. The Morgan fingerprint density at radius 3 is 2.70 bits per heavy atom. The van der Waals surface area contributed by atoms with E-state index in [0.717, 1.165) is 24.1 Å². The van der Waals surface area contributed by atoms with Gasteiger partial charge in [0.1, 0.15) is 5.60 Å². The van der Waals surface area contributed by atoms with Crippen LogP contribution >= 0.6 is 0 Å². The number of pyridine rings is 1. The molecule has 2 aromatic heterocycles. The monoisotopic (exact) mass is 374 g/mol. The number of nitrogens with zero attached hydrogens (tertiary/aromatic N) is 2. The molecule has 2 N–H and O–H groups in total. The summed E-state index contributed by atoms with van der Waals surface area (Å²) < 4.78 is 10.5. The van der Waals surface area contributed by atoms with Crippen molar-refractivity contribution < 1.29 is 19.1 Å². The van der Waals surface area contributed by atoms with Crippen molar-refractivity contribution >= 4 is 23.1 Å². The fourth-order valence-corrected chi connectivity index (χ4v) is 3.01. The number of fused-ring (bicyclic) bond motifs is 1. The van der Waals surface area contributed by atoms with Crippen LogP contribution in [0.2, 0.25) is 0 Å². The number of aromatic amines is 1. The molecule has 8 nitrogen and oxygen atoms in total. The first kappa shape index (κ1) is 19.1. The summed E-state index contributed by atoms with van der Waals surface area (Å²) in [5, 5.41) is 10.3. The van der Waals surface area contributed by atoms with Crippen LogP contribution in [0.3, 0.4) is 0 Å². The number of hydrogen-bond acceptors (Lipinski definition) is 6. The topological polar surface area (TPSA) is 106 Å². The zero-order valence-electron chi connectivity index (χ0n) is 16.2. The molecule has 3 rings (SSSR count). The molecule has 2 heterocycles. The molecule has 1 saturated carbocycles. The number of esters is 1. The minimum atomic E-state index is -0.559. The second kappa shape index (κ2) is 7.54. The van der Waals surface area contributed by atoms with E-state index < -0.39 is 11.7 Å². The summed E-state index contributed by atoms with van der Waals surface area (Å²) in [6, 6.07) is 0. The molecule has 1 aliphatic rings. The second-order valence-electron chi connectivity index (χ2n) is 7.66. The number of hydrogen-bond donors (Lipinski definition) is 2. The van der Waals surface area contributed by atoms with Gasteiger partial charge in [-0.2, -0.15) is 5.10 Å². The molecule has 1 aliphatic carbocycles. The van der Waals surface area contributed by atoms with Crippen molar-refractivity contribution in [3.63, 3.8) is 0 Å². The quantitative estimate of drug-likeness (QED) is 0.753. The van der Waals surface area contributed by atoms with Crippen molar-refractivity contribution in [2.75, 3.05) is 13.2 Å². The highest BCUT2D eigenvalue weighted by molar-refractivity contribution is 6.04. The normalized spacial score (nSPS) is 14.2. The third-order valence-corrected chi connectivity index (χ3v) is 4.22. The molecule has 27 heavy (non-hydrogen) atoms. The lowest BCUT2D eigenvalue weighted by Crippen LogP contribution is -2.33. The van der Waals surface area contributed by atoms with Gasteiger partial charge in [0.05, 0.1) is 29.4 Å². The lowest BCUT2D eigenvalue weighted by molar-refractivity contribution is 0.0522. The van der Waals surface area contributed by atoms with Crippen LogP contribution in [0.5, 0.6) is 0 Å². The number of carbonyl (C=O) groups excluding carboxylic acids is 2. The van der Waals surface area contributed by atoms with Crippen molar-refractivity contribution in [3.05, 3.63) is 23.0 Å². The highest BCUT2D eigenvalue weighted by atomic mass is 16.6. The van der Waals surface area contributed by atoms with Gasteiger partial charge < -0.3 is 14.8 Å². The molecule has 2 aromatic rings. The Balaban J connectivity index is 1.88. The zero-order valence-corrected chi connectivity index (χ0v) is 16.2. The number of ether oxygens (including phenoxy) is 2. The van der Waals surface area contributed by atoms with Gasteiger partial charge in [0.25, 0.3) is 0 Å². The Morgan fingerprint density at radius 1 is 1.33 bits per heavy atom. The molecular weight excluding hydrogens is 348 g/mol. The molecule has 0 atom stereocenters. The average Bonchev–Trinajstić information content (AvgIpc) is 3.30. The first-order valence-corrected chi connectivity index (χ1v) is 9.30. The standard InChI is InChI=1S/C19H26N4O4/c1-5-26-17(24)14-12(8-9-20-18(25)27-19(2,3)4)15(11-6-7-11)22-16-13(14)10-21-23-16/h10-11H,5-9H2,1-4H3,(H,20,25)(H,21,22,23). The Kier molecular flexibility index (Phi) is 5.34. The fraction of sp³-hybridized carbons (Fsp3) is 0.579. The number of aromatic nitrogens is 3. The van der Waals surface area contributed by atoms with E-state index in [1.54, 1.807) is 13.1 Å². The SMILES string of the molecule is CCOC(=O)c1c(CCNC(=O)OC(C)(C)C)c(C2CC2)nc2[nH]ncc12. The van der Waals surface area contributed by atoms with Gasteiger partial charge in [-0.3, -0.25) is 5.10 Å². The molecule has 0 aromatic carbocycles. The molecule has 8 heteroatoms. The Labute approximate surface area is 158 Å². The van der Waals surface area contributed by atoms with E-state index >= 15 is 0 Å². The maximum Gasteiger partial charge on any atom is 0.407 e. The van der Waals surface area contributed by atoms with Gasteiger partial charge in [-0.25, -0.2) is 14.6 Å². The average molecular weight is 374 g/mol. The zero-order chi connectivity index (χ0) is 19.6. The van der Waals surface area contributed by atoms with Crippen LogP contribution in [0.15, 0.2) is 6.20 Å². The highest BCUT2D eigenvalue weighted by Gasteiger charge is 2.32. The summed E-state index contributed by atoms with van der Waals surface area (Å²) in [6.45, 7) is 7.84. The third-order valence-electron chi connectivity index (χ3n) is 4.22. The third kappa shape index (κ3) is 4.56. The van der Waals surface area contributed by atoms with E-state index in [1.807, 2.05) is 20.8 Å². The van der Waals surface area contributed by atoms with E-state index in [9.17, 15) is 9.59 Å². The van der Waals surface area contributed by atoms with E-state index in [4.69, 9.17) is 9.47 Å². The number of rotatable bonds is 6. The summed E-state index contributed by atoms with van der Waals surface area (Å²) in [4.78, 5) is 29.3. The Hall–Kier alpha value is -2.64. The molecule has 0 aliphatic heterocycles. The Morgan fingerprint density at radius 2 is 2.07 bits per heavy atom. The first-order chi connectivity index (χ1) is 12.8. The molecule has 0 saturated heterocycles. The number of alkyl carbamates (subject to hydrolysis) is 1. The van der Waals surface area contributed by atoms with Crippen molar-refractivity contribution in [3.8, 4) is 0 Å².